The van der Waals surface area contributed by atoms with E-state index in [2.05, 4.69) is 16.1 Å². The second kappa shape index (κ2) is 13.0. The van der Waals surface area contributed by atoms with Crippen LogP contribution in [0.15, 0.2) is 36.4 Å². The minimum Gasteiger partial charge on any atom is -0.508 e. The molecule has 0 saturated carbocycles. The molecule has 0 radical (unpaired) electrons. The lowest BCUT2D eigenvalue weighted by Crippen LogP contribution is -2.62. The topological polar surface area (TPSA) is 174 Å². The third-order valence-corrected chi connectivity index (χ3v) is 6.37. The van der Waals surface area contributed by atoms with Crippen molar-refractivity contribution < 1.29 is 38.6 Å². The molecule has 13 nitrogen and oxygen atoms in total. The van der Waals surface area contributed by atoms with Crippen molar-refractivity contribution in [2.75, 3.05) is 20.2 Å². The molecule has 4 N–H and O–H groups in total. The molecule has 2 aliphatic heterocycles. The summed E-state index contributed by atoms with van der Waals surface area (Å²) in [6.45, 7) is 3.11. The summed E-state index contributed by atoms with van der Waals surface area (Å²) in [4.78, 5) is 75.9. The van der Waals surface area contributed by atoms with Gasteiger partial charge >= 0.3 is 5.97 Å². The Hall–Kier alpha value is -4.26. The molecule has 1 fully saturated rings. The van der Waals surface area contributed by atoms with Crippen molar-refractivity contribution in [3.05, 3.63) is 42.0 Å². The Labute approximate surface area is 225 Å². The summed E-state index contributed by atoms with van der Waals surface area (Å²) in [5.74, 6) is -4.10. The van der Waals surface area contributed by atoms with Crippen molar-refractivity contribution >= 4 is 35.5 Å². The maximum absolute atomic E-state index is 13.6. The van der Waals surface area contributed by atoms with Crippen molar-refractivity contribution in [1.29, 1.82) is 0 Å². The summed E-state index contributed by atoms with van der Waals surface area (Å²) in [6, 6.07) is 3.30. The van der Waals surface area contributed by atoms with Crippen LogP contribution in [0.5, 0.6) is 5.75 Å². The molecule has 0 spiro atoms. The van der Waals surface area contributed by atoms with Crippen LogP contribution in [-0.2, 0) is 39.9 Å². The van der Waals surface area contributed by atoms with Gasteiger partial charge in [0.15, 0.2) is 0 Å². The molecule has 5 amide bonds. The van der Waals surface area contributed by atoms with Crippen LogP contribution in [0.2, 0.25) is 0 Å². The summed E-state index contributed by atoms with van der Waals surface area (Å²) in [5.41, 5.74) is 3.42. The number of esters is 1. The Morgan fingerprint density at radius 3 is 2.44 bits per heavy atom. The average Bonchev–Trinajstić information content (AvgIpc) is 3.22. The number of carbonyl (C=O) groups is 6. The largest absolute Gasteiger partial charge is 0.508 e. The summed E-state index contributed by atoms with van der Waals surface area (Å²) < 4.78 is 4.78. The molecule has 1 aromatic rings. The van der Waals surface area contributed by atoms with Gasteiger partial charge in [-0.15, -0.1) is 0 Å². The fraction of sp³-hybridized carbons (Fsp3) is 0.462. The van der Waals surface area contributed by atoms with E-state index < -0.39 is 66.1 Å². The molecule has 0 aliphatic carbocycles. The Kier molecular flexibility index (Phi) is 9.77. The van der Waals surface area contributed by atoms with Gasteiger partial charge in [-0.25, -0.2) is 5.43 Å². The number of nitrogens with one attached hydrogen (secondary N) is 3. The SMILES string of the molecule is COC(=O)[C@@H]1CCCN(C(=O)[C@H](Cc2cccc(O)c2)NC(=O)[C@@H](NC(=O)CN2C(=O)C=CC2=O)C(C)C)N1. The lowest BCUT2D eigenvalue weighted by Gasteiger charge is -2.35. The summed E-state index contributed by atoms with van der Waals surface area (Å²) in [7, 11) is 1.25. The summed E-state index contributed by atoms with van der Waals surface area (Å²) >= 11 is 0. The van der Waals surface area contributed by atoms with Crippen molar-refractivity contribution in [1.82, 2.24) is 26.0 Å². The Morgan fingerprint density at radius 1 is 1.13 bits per heavy atom. The standard InChI is InChI=1S/C26H33N5O8/c1-15(2)23(28-20(33)14-30-21(34)9-10-22(30)35)24(36)27-19(13-16-6-4-7-17(32)12-16)25(37)31-11-5-8-18(29-31)26(38)39-3/h4,6-7,9-10,12,15,18-19,23,29,32H,5,8,11,13-14H2,1-3H3,(H,27,36)(H,28,33)/t18-,19-,23-/m0/s1. The Balaban J connectivity index is 1.76. The number of hydrazine groups is 1. The van der Waals surface area contributed by atoms with Crippen LogP contribution in [0.25, 0.3) is 0 Å². The maximum atomic E-state index is 13.6. The van der Waals surface area contributed by atoms with Gasteiger partial charge in [-0.2, -0.15) is 0 Å². The number of benzene rings is 1. The number of aromatic hydroxyl groups is 1. The molecule has 0 bridgehead atoms. The van der Waals surface area contributed by atoms with Gasteiger partial charge in [-0.3, -0.25) is 38.7 Å². The molecule has 0 aromatic heterocycles. The molecular formula is C26H33N5O8. The summed E-state index contributed by atoms with van der Waals surface area (Å²) in [5, 5.41) is 16.4. The van der Waals surface area contributed by atoms with Gasteiger partial charge in [0.2, 0.25) is 11.8 Å². The van der Waals surface area contributed by atoms with E-state index in [0.29, 0.717) is 18.4 Å². The van der Waals surface area contributed by atoms with Crippen LogP contribution in [0.3, 0.4) is 0 Å². The molecule has 2 heterocycles. The quantitative estimate of drug-likeness (QED) is 0.217. The maximum Gasteiger partial charge on any atom is 0.324 e. The number of phenols is 1. The van der Waals surface area contributed by atoms with Gasteiger partial charge in [0.25, 0.3) is 17.7 Å². The molecule has 13 heteroatoms. The second-order valence-corrected chi connectivity index (χ2v) is 9.66. The first-order chi connectivity index (χ1) is 18.5. The fourth-order valence-electron chi connectivity index (χ4n) is 4.31. The second-order valence-electron chi connectivity index (χ2n) is 9.66. The average molecular weight is 544 g/mol. The first-order valence-corrected chi connectivity index (χ1v) is 12.6. The van der Waals surface area contributed by atoms with Crippen molar-refractivity contribution in [2.45, 2.75) is 51.2 Å². The Morgan fingerprint density at radius 2 is 1.82 bits per heavy atom. The van der Waals surface area contributed by atoms with E-state index in [4.69, 9.17) is 4.74 Å². The number of nitrogens with zero attached hydrogens (tertiary/aromatic N) is 2. The minimum absolute atomic E-state index is 0.0142. The molecule has 1 aromatic carbocycles. The summed E-state index contributed by atoms with van der Waals surface area (Å²) in [6.07, 6.45) is 3.12. The van der Waals surface area contributed by atoms with Gasteiger partial charge in [0.1, 0.15) is 30.4 Å². The fourth-order valence-corrected chi connectivity index (χ4v) is 4.31. The van der Waals surface area contributed by atoms with Crippen LogP contribution in [0.4, 0.5) is 0 Å². The van der Waals surface area contributed by atoms with E-state index in [1.165, 1.54) is 24.3 Å². The number of hydrogen-bond acceptors (Lipinski definition) is 9. The first kappa shape index (κ1) is 29.3. The predicted octanol–water partition coefficient (Wildman–Crippen LogP) is -0.846. The highest BCUT2D eigenvalue weighted by Gasteiger charge is 2.35. The number of phenolic OH excluding ortho intramolecular Hbond substituents is 1. The van der Waals surface area contributed by atoms with E-state index >= 15 is 0 Å². The van der Waals surface area contributed by atoms with Crippen LogP contribution in [0, 0.1) is 5.92 Å². The van der Waals surface area contributed by atoms with Crippen molar-refractivity contribution in [3.63, 3.8) is 0 Å². The highest BCUT2D eigenvalue weighted by molar-refractivity contribution is 6.14. The lowest BCUT2D eigenvalue weighted by atomic mass is 10.00. The van der Waals surface area contributed by atoms with E-state index in [9.17, 15) is 33.9 Å². The van der Waals surface area contributed by atoms with Gasteiger partial charge in [-0.05, 0) is 36.5 Å². The van der Waals surface area contributed by atoms with Crippen molar-refractivity contribution in [2.24, 2.45) is 5.92 Å². The number of amides is 5. The van der Waals surface area contributed by atoms with Crippen LogP contribution in [-0.4, -0.2) is 88.8 Å². The van der Waals surface area contributed by atoms with E-state index in [1.54, 1.807) is 26.0 Å². The van der Waals surface area contributed by atoms with Gasteiger partial charge in [0, 0.05) is 25.1 Å². The number of ether oxygens (including phenoxy) is 1. The van der Waals surface area contributed by atoms with E-state index in [1.807, 2.05) is 0 Å². The predicted molar refractivity (Wildman–Crippen MR) is 136 cm³/mol. The minimum atomic E-state index is -1.12. The lowest BCUT2D eigenvalue weighted by molar-refractivity contribution is -0.151. The third kappa shape index (κ3) is 7.63. The molecule has 1 saturated heterocycles. The zero-order valence-electron chi connectivity index (χ0n) is 22.0. The molecule has 210 valence electrons. The van der Waals surface area contributed by atoms with Crippen LogP contribution < -0.4 is 16.1 Å². The van der Waals surface area contributed by atoms with Crippen molar-refractivity contribution in [3.8, 4) is 5.75 Å². The Bertz CT molecular complexity index is 1150. The van der Waals surface area contributed by atoms with E-state index in [-0.39, 0.29) is 18.7 Å². The molecule has 3 atom stereocenters. The normalized spacial score (nSPS) is 18.6. The molecule has 39 heavy (non-hydrogen) atoms. The highest BCUT2D eigenvalue weighted by Crippen LogP contribution is 2.16. The number of rotatable bonds is 10. The van der Waals surface area contributed by atoms with E-state index in [0.717, 1.165) is 17.1 Å². The molecule has 3 rings (SSSR count). The molecular weight excluding hydrogens is 510 g/mol. The number of imide groups is 1. The number of methoxy groups -OCH3 is 1. The first-order valence-electron chi connectivity index (χ1n) is 12.6. The van der Waals surface area contributed by atoms with Crippen LogP contribution in [0.1, 0.15) is 32.3 Å². The molecule has 0 unspecified atom stereocenters. The highest BCUT2D eigenvalue weighted by atomic mass is 16.5. The zero-order chi connectivity index (χ0) is 28.7. The smallest absolute Gasteiger partial charge is 0.324 e. The van der Waals surface area contributed by atoms with Gasteiger partial charge < -0.3 is 20.5 Å². The zero-order valence-corrected chi connectivity index (χ0v) is 22.0. The van der Waals surface area contributed by atoms with Crippen LogP contribution >= 0.6 is 0 Å². The number of hydrogen-bond donors (Lipinski definition) is 4. The molecule has 2 aliphatic rings. The monoisotopic (exact) mass is 543 g/mol. The van der Waals surface area contributed by atoms with Gasteiger partial charge in [-0.1, -0.05) is 26.0 Å². The third-order valence-electron chi connectivity index (χ3n) is 6.37. The number of carbonyl (C=O) groups excluding carboxylic acids is 6. The van der Waals surface area contributed by atoms with Gasteiger partial charge in [0.05, 0.1) is 7.11 Å².